The van der Waals surface area contributed by atoms with Crippen molar-refractivity contribution < 1.29 is 4.92 Å². The number of nitrogens with one attached hydrogen (secondary N) is 1. The van der Waals surface area contributed by atoms with E-state index in [1.807, 2.05) is 32.9 Å². The maximum Gasteiger partial charge on any atom is 0.271 e. The fraction of sp³-hybridized carbons (Fsp3) is 0.308. The minimum absolute atomic E-state index is 0.0569. The second-order valence-corrected chi connectivity index (χ2v) is 5.26. The molecular formula is C13H13N3O2. The third-order valence-corrected chi connectivity index (χ3v) is 2.85. The van der Waals surface area contributed by atoms with E-state index >= 15 is 0 Å². The van der Waals surface area contributed by atoms with Crippen molar-refractivity contribution in [3.63, 3.8) is 0 Å². The third kappa shape index (κ3) is 1.93. The van der Waals surface area contributed by atoms with E-state index in [0.717, 1.165) is 5.69 Å². The van der Waals surface area contributed by atoms with Gasteiger partial charge in [0, 0.05) is 28.6 Å². The van der Waals surface area contributed by atoms with Crippen molar-refractivity contribution in [3.8, 4) is 6.07 Å². The number of non-ortho nitro benzene ring substituents is 1. The molecule has 0 spiro atoms. The molecule has 0 bridgehead atoms. The highest BCUT2D eigenvalue weighted by molar-refractivity contribution is 5.88. The molecule has 2 aromatic rings. The molecule has 0 saturated carbocycles. The fourth-order valence-electron chi connectivity index (χ4n) is 1.83. The number of nitrogens with zero attached hydrogens (tertiary/aromatic N) is 2. The van der Waals surface area contributed by atoms with Gasteiger partial charge in [-0.15, -0.1) is 0 Å². The van der Waals surface area contributed by atoms with Crippen LogP contribution in [0.5, 0.6) is 0 Å². The molecule has 0 amide bonds. The molecular weight excluding hydrogens is 230 g/mol. The Morgan fingerprint density at radius 3 is 2.50 bits per heavy atom. The second-order valence-electron chi connectivity index (χ2n) is 5.26. The quantitative estimate of drug-likeness (QED) is 0.616. The first kappa shape index (κ1) is 12.1. The Labute approximate surface area is 104 Å². The van der Waals surface area contributed by atoms with E-state index in [2.05, 4.69) is 4.98 Å². The molecule has 1 N–H and O–H groups in total. The van der Waals surface area contributed by atoms with E-state index in [-0.39, 0.29) is 11.1 Å². The molecule has 5 nitrogen and oxygen atoms in total. The first-order valence-corrected chi connectivity index (χ1v) is 5.54. The van der Waals surface area contributed by atoms with Gasteiger partial charge in [-0.3, -0.25) is 10.1 Å². The lowest BCUT2D eigenvalue weighted by molar-refractivity contribution is -0.384. The first-order valence-electron chi connectivity index (χ1n) is 5.54. The van der Waals surface area contributed by atoms with E-state index in [4.69, 9.17) is 5.26 Å². The van der Waals surface area contributed by atoms with Crippen LogP contribution in [0.3, 0.4) is 0 Å². The van der Waals surface area contributed by atoms with Crippen LogP contribution in [0.2, 0.25) is 0 Å². The van der Waals surface area contributed by atoms with Crippen LogP contribution in [-0.2, 0) is 5.41 Å². The van der Waals surface area contributed by atoms with E-state index in [1.54, 1.807) is 0 Å². The standard InChI is InChI=1S/C13H13N3O2/c1-13(2,3)11-6-8-4-10(16(17)18)5-9(7-14)12(8)15-11/h4-6,15H,1-3H3. The summed E-state index contributed by atoms with van der Waals surface area (Å²) in [5, 5.41) is 20.6. The third-order valence-electron chi connectivity index (χ3n) is 2.85. The van der Waals surface area contributed by atoms with Gasteiger partial charge in [-0.25, -0.2) is 0 Å². The molecule has 0 fully saturated rings. The van der Waals surface area contributed by atoms with Crippen LogP contribution in [0.4, 0.5) is 5.69 Å². The summed E-state index contributed by atoms with van der Waals surface area (Å²) >= 11 is 0. The molecule has 5 heteroatoms. The van der Waals surface area contributed by atoms with Crippen LogP contribution in [0.25, 0.3) is 10.9 Å². The van der Waals surface area contributed by atoms with Crippen molar-refractivity contribution in [2.75, 3.05) is 0 Å². The predicted octanol–water partition coefficient (Wildman–Crippen LogP) is 3.25. The molecule has 0 radical (unpaired) electrons. The molecule has 1 aromatic carbocycles. The highest BCUT2D eigenvalue weighted by Crippen LogP contribution is 2.30. The van der Waals surface area contributed by atoms with Gasteiger partial charge in [0.15, 0.2) is 0 Å². The Morgan fingerprint density at radius 1 is 1.33 bits per heavy atom. The van der Waals surface area contributed by atoms with Gasteiger partial charge >= 0.3 is 0 Å². The topological polar surface area (TPSA) is 82.7 Å². The summed E-state index contributed by atoms with van der Waals surface area (Å²) in [4.78, 5) is 13.5. The molecule has 0 unspecified atom stereocenters. The number of H-pyrrole nitrogens is 1. The molecule has 0 aliphatic rings. The predicted molar refractivity (Wildman–Crippen MR) is 68.4 cm³/mol. The number of hydrogen-bond donors (Lipinski definition) is 1. The van der Waals surface area contributed by atoms with Crippen molar-refractivity contribution in [2.24, 2.45) is 0 Å². The Hall–Kier alpha value is -2.35. The largest absolute Gasteiger partial charge is 0.357 e. The van der Waals surface area contributed by atoms with Crippen molar-refractivity contribution in [2.45, 2.75) is 26.2 Å². The Balaban J connectivity index is 2.76. The van der Waals surface area contributed by atoms with Gasteiger partial charge < -0.3 is 4.98 Å². The Kier molecular flexibility index (Phi) is 2.59. The summed E-state index contributed by atoms with van der Waals surface area (Å²) in [5.74, 6) is 0. The number of hydrogen-bond acceptors (Lipinski definition) is 3. The van der Waals surface area contributed by atoms with E-state index in [0.29, 0.717) is 16.5 Å². The summed E-state index contributed by atoms with van der Waals surface area (Å²) in [6, 6.07) is 6.64. The number of rotatable bonds is 1. The van der Waals surface area contributed by atoms with Crippen LogP contribution >= 0.6 is 0 Å². The van der Waals surface area contributed by atoms with Crippen molar-refractivity contribution in [1.29, 1.82) is 5.26 Å². The lowest BCUT2D eigenvalue weighted by Crippen LogP contribution is -2.11. The molecule has 92 valence electrons. The van der Waals surface area contributed by atoms with Gasteiger partial charge in [0.2, 0.25) is 0 Å². The molecule has 18 heavy (non-hydrogen) atoms. The maximum absolute atomic E-state index is 10.8. The lowest BCUT2D eigenvalue weighted by atomic mass is 9.92. The number of nitro groups is 1. The zero-order chi connectivity index (χ0) is 13.5. The molecule has 0 aliphatic heterocycles. The molecule has 0 saturated heterocycles. The van der Waals surface area contributed by atoms with E-state index in [1.165, 1.54) is 12.1 Å². The van der Waals surface area contributed by atoms with Crippen LogP contribution in [0.1, 0.15) is 32.0 Å². The van der Waals surface area contributed by atoms with Crippen LogP contribution in [0.15, 0.2) is 18.2 Å². The normalized spacial score (nSPS) is 11.4. The van der Waals surface area contributed by atoms with Crippen LogP contribution in [0, 0.1) is 21.4 Å². The number of aromatic amines is 1. The van der Waals surface area contributed by atoms with E-state index in [9.17, 15) is 10.1 Å². The highest BCUT2D eigenvalue weighted by atomic mass is 16.6. The summed E-state index contributed by atoms with van der Waals surface area (Å²) in [6.07, 6.45) is 0. The molecule has 0 atom stereocenters. The van der Waals surface area contributed by atoms with Gasteiger partial charge in [-0.1, -0.05) is 20.8 Å². The summed E-state index contributed by atoms with van der Waals surface area (Å²) in [5.41, 5.74) is 1.76. The number of nitro benzene ring substituents is 1. The van der Waals surface area contributed by atoms with Gasteiger partial charge in [-0.05, 0) is 6.07 Å². The average molecular weight is 243 g/mol. The number of fused-ring (bicyclic) bond motifs is 1. The van der Waals surface area contributed by atoms with Gasteiger partial charge in [0.1, 0.15) is 6.07 Å². The zero-order valence-corrected chi connectivity index (χ0v) is 10.4. The first-order chi connectivity index (χ1) is 8.32. The number of nitriles is 1. The number of benzene rings is 1. The summed E-state index contributed by atoms with van der Waals surface area (Å²) in [6.45, 7) is 6.12. The van der Waals surface area contributed by atoms with Crippen molar-refractivity contribution in [1.82, 2.24) is 4.98 Å². The molecule has 1 aromatic heterocycles. The van der Waals surface area contributed by atoms with Crippen LogP contribution in [-0.4, -0.2) is 9.91 Å². The SMILES string of the molecule is CC(C)(C)c1cc2cc([N+](=O)[O-])cc(C#N)c2[nH]1. The van der Waals surface area contributed by atoms with Gasteiger partial charge in [0.25, 0.3) is 5.69 Å². The molecule has 2 rings (SSSR count). The highest BCUT2D eigenvalue weighted by Gasteiger charge is 2.19. The maximum atomic E-state index is 10.8. The summed E-state index contributed by atoms with van der Waals surface area (Å²) < 4.78 is 0. The minimum Gasteiger partial charge on any atom is -0.357 e. The smallest absolute Gasteiger partial charge is 0.271 e. The van der Waals surface area contributed by atoms with Crippen molar-refractivity contribution >= 4 is 16.6 Å². The zero-order valence-electron chi connectivity index (χ0n) is 10.4. The van der Waals surface area contributed by atoms with Crippen LogP contribution < -0.4 is 0 Å². The monoisotopic (exact) mass is 243 g/mol. The lowest BCUT2D eigenvalue weighted by Gasteiger charge is -2.15. The molecule has 0 aliphatic carbocycles. The fourth-order valence-corrected chi connectivity index (χ4v) is 1.83. The number of aromatic nitrogens is 1. The Bertz CT molecular complexity index is 672. The van der Waals surface area contributed by atoms with Gasteiger partial charge in [-0.2, -0.15) is 5.26 Å². The van der Waals surface area contributed by atoms with E-state index < -0.39 is 4.92 Å². The summed E-state index contributed by atoms with van der Waals surface area (Å²) in [7, 11) is 0. The second kappa shape index (κ2) is 3.84. The average Bonchev–Trinajstić information content (AvgIpc) is 2.70. The van der Waals surface area contributed by atoms with Gasteiger partial charge in [0.05, 0.1) is 16.0 Å². The molecule has 1 heterocycles. The minimum atomic E-state index is -0.482. The van der Waals surface area contributed by atoms with Crippen molar-refractivity contribution in [3.05, 3.63) is 39.6 Å². The Morgan fingerprint density at radius 2 is 2.00 bits per heavy atom.